The van der Waals surface area contributed by atoms with Crippen molar-refractivity contribution in [3.8, 4) is 11.5 Å². The zero-order chi connectivity index (χ0) is 22.2. The zero-order valence-electron chi connectivity index (χ0n) is 17.5. The number of hydrogen-bond acceptors (Lipinski definition) is 6. The van der Waals surface area contributed by atoms with Crippen LogP contribution in [0.15, 0.2) is 77.9 Å². The smallest absolute Gasteiger partial charge is 0.343 e. The minimum Gasteiger partial charge on any atom is -0.497 e. The van der Waals surface area contributed by atoms with Gasteiger partial charge in [-0.25, -0.2) is 10.2 Å². The van der Waals surface area contributed by atoms with E-state index in [2.05, 4.69) is 10.5 Å². The Labute approximate surface area is 180 Å². The summed E-state index contributed by atoms with van der Waals surface area (Å²) in [5.41, 5.74) is 5.15. The molecule has 0 saturated carbocycles. The van der Waals surface area contributed by atoms with Crippen LogP contribution >= 0.6 is 0 Å². The van der Waals surface area contributed by atoms with E-state index in [1.54, 1.807) is 67.8 Å². The number of ether oxygens (including phenoxy) is 2. The van der Waals surface area contributed by atoms with Crippen molar-refractivity contribution in [3.05, 3.63) is 89.5 Å². The summed E-state index contributed by atoms with van der Waals surface area (Å²) in [6.07, 6.45) is 1.51. The number of rotatable bonds is 7. The highest BCUT2D eigenvalue weighted by Gasteiger charge is 2.09. The molecule has 0 aliphatic carbocycles. The first-order valence-electron chi connectivity index (χ1n) is 9.53. The second-order valence-electron chi connectivity index (χ2n) is 6.83. The molecule has 0 heterocycles. The van der Waals surface area contributed by atoms with Gasteiger partial charge >= 0.3 is 5.97 Å². The molecule has 1 N–H and O–H groups in total. The van der Waals surface area contributed by atoms with Gasteiger partial charge in [-0.05, 0) is 78.4 Å². The van der Waals surface area contributed by atoms with E-state index in [1.807, 2.05) is 31.1 Å². The lowest BCUT2D eigenvalue weighted by atomic mass is 10.2. The van der Waals surface area contributed by atoms with Crippen LogP contribution in [0, 0.1) is 0 Å². The third kappa shape index (κ3) is 5.93. The van der Waals surface area contributed by atoms with E-state index in [0.29, 0.717) is 22.6 Å². The van der Waals surface area contributed by atoms with Crippen molar-refractivity contribution in [2.75, 3.05) is 26.1 Å². The fraction of sp³-hybridized carbons (Fsp3) is 0.125. The number of nitrogens with zero attached hydrogens (tertiary/aromatic N) is 2. The van der Waals surface area contributed by atoms with Crippen molar-refractivity contribution in [2.45, 2.75) is 0 Å². The molecule has 0 spiro atoms. The summed E-state index contributed by atoms with van der Waals surface area (Å²) in [6, 6.07) is 20.7. The highest BCUT2D eigenvalue weighted by atomic mass is 16.5. The molecule has 0 aliphatic heterocycles. The molecule has 3 rings (SSSR count). The number of esters is 1. The molecule has 0 radical (unpaired) electrons. The number of hydrogen-bond donors (Lipinski definition) is 1. The number of benzene rings is 3. The standard InChI is InChI=1S/C24H23N3O4/c1-27(2)20-10-6-19(7-11-20)24(29)31-22-12-4-17(5-13-22)16-25-26-23(28)18-8-14-21(30-3)15-9-18/h4-16H,1-3H3,(H,26,28)/b25-16-. The average molecular weight is 417 g/mol. The zero-order valence-corrected chi connectivity index (χ0v) is 17.5. The van der Waals surface area contributed by atoms with E-state index in [0.717, 1.165) is 11.3 Å². The Morgan fingerprint density at radius 3 is 2.00 bits per heavy atom. The van der Waals surface area contributed by atoms with Crippen molar-refractivity contribution in [3.63, 3.8) is 0 Å². The summed E-state index contributed by atoms with van der Waals surface area (Å²) in [6.45, 7) is 0. The molecule has 3 aromatic carbocycles. The van der Waals surface area contributed by atoms with Gasteiger partial charge < -0.3 is 14.4 Å². The molecule has 3 aromatic rings. The third-order valence-electron chi connectivity index (χ3n) is 4.44. The number of nitrogens with one attached hydrogen (secondary N) is 1. The maximum absolute atomic E-state index is 12.3. The van der Waals surface area contributed by atoms with Crippen LogP contribution in [0.25, 0.3) is 0 Å². The van der Waals surface area contributed by atoms with Gasteiger partial charge in [-0.3, -0.25) is 4.79 Å². The number of carbonyl (C=O) groups is 2. The van der Waals surface area contributed by atoms with Gasteiger partial charge in [0.1, 0.15) is 11.5 Å². The molecule has 7 heteroatoms. The summed E-state index contributed by atoms with van der Waals surface area (Å²) < 4.78 is 10.5. The first kappa shape index (κ1) is 21.6. The number of carbonyl (C=O) groups excluding carboxylic acids is 2. The van der Waals surface area contributed by atoms with E-state index in [4.69, 9.17) is 9.47 Å². The molecule has 0 fully saturated rings. The van der Waals surface area contributed by atoms with Crippen LogP contribution in [-0.2, 0) is 0 Å². The molecule has 0 atom stereocenters. The Hall–Kier alpha value is -4.13. The Morgan fingerprint density at radius 2 is 1.42 bits per heavy atom. The van der Waals surface area contributed by atoms with Crippen molar-refractivity contribution < 1.29 is 19.1 Å². The fourth-order valence-electron chi connectivity index (χ4n) is 2.66. The number of hydrazone groups is 1. The molecule has 0 bridgehead atoms. The predicted molar refractivity (Wildman–Crippen MR) is 120 cm³/mol. The first-order chi connectivity index (χ1) is 15.0. The van der Waals surface area contributed by atoms with Crippen LogP contribution in [0.1, 0.15) is 26.3 Å². The highest BCUT2D eigenvalue weighted by molar-refractivity contribution is 5.95. The maximum Gasteiger partial charge on any atom is 0.343 e. The lowest BCUT2D eigenvalue weighted by Crippen LogP contribution is -2.17. The monoisotopic (exact) mass is 417 g/mol. The van der Waals surface area contributed by atoms with Gasteiger partial charge in [0.15, 0.2) is 0 Å². The first-order valence-corrected chi connectivity index (χ1v) is 9.53. The normalized spacial score (nSPS) is 10.5. The van der Waals surface area contributed by atoms with Crippen molar-refractivity contribution in [2.24, 2.45) is 5.10 Å². The van der Waals surface area contributed by atoms with E-state index in [1.165, 1.54) is 6.21 Å². The number of methoxy groups -OCH3 is 1. The molecule has 0 saturated heterocycles. The lowest BCUT2D eigenvalue weighted by molar-refractivity contribution is 0.0734. The lowest BCUT2D eigenvalue weighted by Gasteiger charge is -2.12. The van der Waals surface area contributed by atoms with Crippen LogP contribution in [-0.4, -0.2) is 39.3 Å². The maximum atomic E-state index is 12.3. The highest BCUT2D eigenvalue weighted by Crippen LogP contribution is 2.16. The van der Waals surface area contributed by atoms with Crippen LogP contribution in [0.5, 0.6) is 11.5 Å². The minimum atomic E-state index is -0.432. The number of amides is 1. The molecule has 0 aliphatic rings. The van der Waals surface area contributed by atoms with Crippen LogP contribution in [0.3, 0.4) is 0 Å². The average Bonchev–Trinajstić information content (AvgIpc) is 2.80. The van der Waals surface area contributed by atoms with Crippen molar-refractivity contribution >= 4 is 23.8 Å². The van der Waals surface area contributed by atoms with Gasteiger partial charge in [0, 0.05) is 25.3 Å². The fourth-order valence-corrected chi connectivity index (χ4v) is 2.66. The van der Waals surface area contributed by atoms with Gasteiger partial charge in [-0.1, -0.05) is 0 Å². The van der Waals surface area contributed by atoms with Gasteiger partial charge in [0.25, 0.3) is 5.91 Å². The van der Waals surface area contributed by atoms with Gasteiger partial charge in [-0.15, -0.1) is 0 Å². The second kappa shape index (κ2) is 10.1. The Bertz CT molecular complexity index is 1060. The Kier molecular flexibility index (Phi) is 7.01. The van der Waals surface area contributed by atoms with Crippen LogP contribution < -0.4 is 19.8 Å². The van der Waals surface area contributed by atoms with E-state index in [9.17, 15) is 9.59 Å². The summed E-state index contributed by atoms with van der Waals surface area (Å²) in [5.74, 6) is 0.329. The van der Waals surface area contributed by atoms with Crippen molar-refractivity contribution in [1.82, 2.24) is 5.43 Å². The Morgan fingerprint density at radius 1 is 0.839 bits per heavy atom. The molecule has 158 valence electrons. The largest absolute Gasteiger partial charge is 0.497 e. The third-order valence-corrected chi connectivity index (χ3v) is 4.44. The van der Waals surface area contributed by atoms with E-state index >= 15 is 0 Å². The molecule has 0 unspecified atom stereocenters. The quantitative estimate of drug-likeness (QED) is 0.274. The minimum absolute atomic E-state index is 0.329. The summed E-state index contributed by atoms with van der Waals surface area (Å²) in [5, 5.41) is 3.95. The summed E-state index contributed by atoms with van der Waals surface area (Å²) in [7, 11) is 5.43. The van der Waals surface area contributed by atoms with Gasteiger partial charge in [0.05, 0.1) is 18.9 Å². The molecule has 7 nitrogen and oxygen atoms in total. The molecular weight excluding hydrogens is 394 g/mol. The molecule has 1 amide bonds. The summed E-state index contributed by atoms with van der Waals surface area (Å²) in [4.78, 5) is 26.3. The molecular formula is C24H23N3O4. The van der Waals surface area contributed by atoms with E-state index in [-0.39, 0.29) is 5.91 Å². The van der Waals surface area contributed by atoms with Crippen LogP contribution in [0.4, 0.5) is 5.69 Å². The molecule has 31 heavy (non-hydrogen) atoms. The van der Waals surface area contributed by atoms with Gasteiger partial charge in [-0.2, -0.15) is 5.10 Å². The second-order valence-corrected chi connectivity index (χ2v) is 6.83. The number of anilines is 1. The molecule has 0 aromatic heterocycles. The SMILES string of the molecule is COc1ccc(C(=O)N/N=C\c2ccc(OC(=O)c3ccc(N(C)C)cc3)cc2)cc1. The topological polar surface area (TPSA) is 80.2 Å². The van der Waals surface area contributed by atoms with E-state index < -0.39 is 5.97 Å². The predicted octanol–water partition coefficient (Wildman–Crippen LogP) is 3.74. The summed E-state index contributed by atoms with van der Waals surface area (Å²) >= 11 is 0. The van der Waals surface area contributed by atoms with Gasteiger partial charge in [0.2, 0.25) is 0 Å². The Balaban J connectivity index is 1.54. The van der Waals surface area contributed by atoms with Crippen LogP contribution in [0.2, 0.25) is 0 Å². The van der Waals surface area contributed by atoms with Crippen molar-refractivity contribution in [1.29, 1.82) is 0 Å².